The molecule has 0 spiro atoms. The molecular formula is C13H15NOS. The molecule has 0 saturated heterocycles. The molecule has 0 saturated carbocycles. The number of ether oxygens (including phenoxy) is 1. The summed E-state index contributed by atoms with van der Waals surface area (Å²) in [5, 5.41) is 1.03. The smallest absolute Gasteiger partial charge is 0.140 e. The van der Waals surface area contributed by atoms with Crippen LogP contribution in [0.4, 0.5) is 0 Å². The van der Waals surface area contributed by atoms with Gasteiger partial charge in [0.25, 0.3) is 0 Å². The normalized spacial score (nSPS) is 10.7. The Morgan fingerprint density at radius 2 is 2.00 bits per heavy atom. The van der Waals surface area contributed by atoms with E-state index in [1.165, 1.54) is 4.88 Å². The largest absolute Gasteiger partial charge is 0.486 e. The third-order valence-corrected chi connectivity index (χ3v) is 3.52. The Morgan fingerprint density at radius 3 is 2.62 bits per heavy atom. The highest BCUT2D eigenvalue weighted by Crippen LogP contribution is 2.22. The highest BCUT2D eigenvalue weighted by molar-refractivity contribution is 7.11. The van der Waals surface area contributed by atoms with Crippen LogP contribution in [-0.4, -0.2) is 4.98 Å². The maximum atomic E-state index is 5.63. The van der Waals surface area contributed by atoms with Crippen molar-refractivity contribution in [3.8, 4) is 5.75 Å². The molecule has 0 aliphatic heterocycles. The van der Waals surface area contributed by atoms with Crippen molar-refractivity contribution in [3.63, 3.8) is 0 Å². The molecule has 1 aromatic carbocycles. The van der Waals surface area contributed by atoms with E-state index < -0.39 is 0 Å². The van der Waals surface area contributed by atoms with Crippen LogP contribution in [0, 0.1) is 0 Å². The monoisotopic (exact) mass is 233 g/mol. The molecule has 2 nitrogen and oxygen atoms in total. The van der Waals surface area contributed by atoms with Gasteiger partial charge in [0.15, 0.2) is 0 Å². The van der Waals surface area contributed by atoms with Gasteiger partial charge in [-0.2, -0.15) is 0 Å². The molecule has 0 amide bonds. The molecule has 0 aliphatic rings. The van der Waals surface area contributed by atoms with Gasteiger partial charge in [-0.15, -0.1) is 11.3 Å². The van der Waals surface area contributed by atoms with E-state index in [1.54, 1.807) is 11.3 Å². The lowest BCUT2D eigenvalue weighted by molar-refractivity contribution is 0.305. The van der Waals surface area contributed by atoms with Crippen molar-refractivity contribution in [1.82, 2.24) is 4.98 Å². The number of nitrogens with zero attached hydrogens (tertiary/aromatic N) is 1. The van der Waals surface area contributed by atoms with Gasteiger partial charge in [-0.1, -0.05) is 32.0 Å². The minimum Gasteiger partial charge on any atom is -0.486 e. The third-order valence-electron chi connectivity index (χ3n) is 2.25. The first kappa shape index (κ1) is 11.1. The van der Waals surface area contributed by atoms with E-state index in [-0.39, 0.29) is 0 Å². The minimum atomic E-state index is 0.544. The maximum absolute atomic E-state index is 5.63. The zero-order valence-electron chi connectivity index (χ0n) is 9.51. The quantitative estimate of drug-likeness (QED) is 0.800. The fraction of sp³-hybridized carbons (Fsp3) is 0.308. The Bertz CT molecular complexity index is 436. The number of hydrogen-bond acceptors (Lipinski definition) is 3. The van der Waals surface area contributed by atoms with E-state index in [1.807, 2.05) is 36.5 Å². The first-order valence-corrected chi connectivity index (χ1v) is 6.20. The summed E-state index contributed by atoms with van der Waals surface area (Å²) in [5.74, 6) is 1.44. The topological polar surface area (TPSA) is 22.1 Å². The van der Waals surface area contributed by atoms with Crippen LogP contribution in [0.1, 0.15) is 29.7 Å². The SMILES string of the molecule is CC(C)c1cnc(COc2ccccc2)s1. The summed E-state index contributed by atoms with van der Waals surface area (Å²) in [7, 11) is 0. The fourth-order valence-electron chi connectivity index (χ4n) is 1.32. The molecule has 0 N–H and O–H groups in total. The molecular weight excluding hydrogens is 218 g/mol. The number of hydrogen-bond donors (Lipinski definition) is 0. The Kier molecular flexibility index (Phi) is 3.57. The zero-order valence-corrected chi connectivity index (χ0v) is 10.3. The Morgan fingerprint density at radius 1 is 1.25 bits per heavy atom. The van der Waals surface area contributed by atoms with Gasteiger partial charge in [-0.25, -0.2) is 4.98 Å². The lowest BCUT2D eigenvalue weighted by Crippen LogP contribution is -1.93. The average Bonchev–Trinajstić information content (AvgIpc) is 2.76. The van der Waals surface area contributed by atoms with Crippen LogP contribution in [-0.2, 0) is 6.61 Å². The first-order chi connectivity index (χ1) is 7.75. The fourth-order valence-corrected chi connectivity index (χ4v) is 2.16. The summed E-state index contributed by atoms with van der Waals surface area (Å²) in [6, 6.07) is 9.83. The molecule has 3 heteroatoms. The molecule has 0 unspecified atom stereocenters. The van der Waals surface area contributed by atoms with Gasteiger partial charge in [0.1, 0.15) is 17.4 Å². The molecule has 2 aromatic rings. The van der Waals surface area contributed by atoms with Crippen LogP contribution in [0.15, 0.2) is 36.5 Å². The number of thiazole rings is 1. The molecule has 0 atom stereocenters. The summed E-state index contributed by atoms with van der Waals surface area (Å²) in [5.41, 5.74) is 0. The van der Waals surface area contributed by atoms with Crippen molar-refractivity contribution >= 4 is 11.3 Å². The second-order valence-corrected chi connectivity index (χ2v) is 5.06. The molecule has 84 valence electrons. The molecule has 0 radical (unpaired) electrons. The molecule has 0 aliphatic carbocycles. The molecule has 1 aromatic heterocycles. The van der Waals surface area contributed by atoms with Gasteiger partial charge in [-0.05, 0) is 18.1 Å². The molecule has 0 fully saturated rings. The van der Waals surface area contributed by atoms with E-state index in [9.17, 15) is 0 Å². The van der Waals surface area contributed by atoms with Crippen molar-refractivity contribution < 1.29 is 4.74 Å². The van der Waals surface area contributed by atoms with Crippen molar-refractivity contribution in [1.29, 1.82) is 0 Å². The van der Waals surface area contributed by atoms with Gasteiger partial charge in [0.05, 0.1) is 0 Å². The van der Waals surface area contributed by atoms with Crippen molar-refractivity contribution in [2.75, 3.05) is 0 Å². The highest BCUT2D eigenvalue weighted by atomic mass is 32.1. The summed E-state index contributed by atoms with van der Waals surface area (Å²) < 4.78 is 5.63. The lowest BCUT2D eigenvalue weighted by atomic mass is 10.2. The second kappa shape index (κ2) is 5.12. The standard InChI is InChI=1S/C13H15NOS/c1-10(2)12-8-14-13(16-12)9-15-11-6-4-3-5-7-11/h3-8,10H,9H2,1-2H3. The molecule has 16 heavy (non-hydrogen) atoms. The van der Waals surface area contributed by atoms with Crippen molar-refractivity contribution in [2.45, 2.75) is 26.4 Å². The van der Waals surface area contributed by atoms with Crippen molar-refractivity contribution in [3.05, 3.63) is 46.4 Å². The van der Waals surface area contributed by atoms with Crippen LogP contribution < -0.4 is 4.74 Å². The van der Waals surface area contributed by atoms with Crippen LogP contribution in [0.25, 0.3) is 0 Å². The predicted octanol–water partition coefficient (Wildman–Crippen LogP) is 3.85. The summed E-state index contributed by atoms with van der Waals surface area (Å²) in [6.07, 6.45) is 1.94. The Balaban J connectivity index is 1.95. The Labute approximate surface area is 99.9 Å². The van der Waals surface area contributed by atoms with Gasteiger partial charge in [0.2, 0.25) is 0 Å². The molecule has 0 bridgehead atoms. The van der Waals surface area contributed by atoms with Gasteiger partial charge >= 0.3 is 0 Å². The number of para-hydroxylation sites is 1. The van der Waals surface area contributed by atoms with Gasteiger partial charge in [-0.3, -0.25) is 0 Å². The van der Waals surface area contributed by atoms with E-state index in [0.717, 1.165) is 10.8 Å². The maximum Gasteiger partial charge on any atom is 0.140 e. The van der Waals surface area contributed by atoms with Crippen molar-refractivity contribution in [2.24, 2.45) is 0 Å². The van der Waals surface area contributed by atoms with E-state index >= 15 is 0 Å². The molecule has 2 rings (SSSR count). The second-order valence-electron chi connectivity index (χ2n) is 3.91. The minimum absolute atomic E-state index is 0.544. The zero-order chi connectivity index (χ0) is 11.4. The van der Waals surface area contributed by atoms with E-state index in [2.05, 4.69) is 18.8 Å². The van der Waals surface area contributed by atoms with Crippen LogP contribution in [0.2, 0.25) is 0 Å². The van der Waals surface area contributed by atoms with Crippen LogP contribution in [0.5, 0.6) is 5.75 Å². The number of aromatic nitrogens is 1. The van der Waals surface area contributed by atoms with E-state index in [4.69, 9.17) is 4.74 Å². The van der Waals surface area contributed by atoms with E-state index in [0.29, 0.717) is 12.5 Å². The summed E-state index contributed by atoms with van der Waals surface area (Å²) in [6.45, 7) is 4.91. The lowest BCUT2D eigenvalue weighted by Gasteiger charge is -2.02. The van der Waals surface area contributed by atoms with Crippen LogP contribution >= 0.6 is 11.3 Å². The van der Waals surface area contributed by atoms with Gasteiger partial charge < -0.3 is 4.74 Å². The number of rotatable bonds is 4. The third kappa shape index (κ3) is 2.83. The van der Waals surface area contributed by atoms with Gasteiger partial charge in [0, 0.05) is 11.1 Å². The number of benzene rings is 1. The summed E-state index contributed by atoms with van der Waals surface area (Å²) in [4.78, 5) is 5.66. The predicted molar refractivity (Wildman–Crippen MR) is 67.0 cm³/mol. The first-order valence-electron chi connectivity index (χ1n) is 5.38. The molecule has 1 heterocycles. The van der Waals surface area contributed by atoms with Crippen LogP contribution in [0.3, 0.4) is 0 Å². The summed E-state index contributed by atoms with van der Waals surface area (Å²) >= 11 is 1.72. The highest BCUT2D eigenvalue weighted by Gasteiger charge is 2.05. The average molecular weight is 233 g/mol. The Hall–Kier alpha value is -1.35.